The van der Waals surface area contributed by atoms with Crippen LogP contribution in [0.3, 0.4) is 0 Å². The maximum Gasteiger partial charge on any atom is 0.224 e. The van der Waals surface area contributed by atoms with E-state index in [9.17, 15) is 13.2 Å². The molecule has 0 bridgehead atoms. The normalized spacial score (nSPS) is 11.4. The van der Waals surface area contributed by atoms with Gasteiger partial charge < -0.3 is 5.32 Å². The summed E-state index contributed by atoms with van der Waals surface area (Å²) in [5.41, 5.74) is 4.25. The van der Waals surface area contributed by atoms with E-state index in [1.165, 1.54) is 0 Å². The minimum atomic E-state index is -3.45. The summed E-state index contributed by atoms with van der Waals surface area (Å²) in [5, 5.41) is 7.32. The fourth-order valence-corrected chi connectivity index (χ4v) is 4.37. The molecule has 158 valence electrons. The van der Waals surface area contributed by atoms with Gasteiger partial charge in [0.05, 0.1) is 23.6 Å². The Kier molecular flexibility index (Phi) is 7.02. The quantitative estimate of drug-likeness (QED) is 0.514. The van der Waals surface area contributed by atoms with E-state index in [4.69, 9.17) is 0 Å². The molecule has 0 saturated heterocycles. The van der Waals surface area contributed by atoms with Gasteiger partial charge in [-0.05, 0) is 31.5 Å². The SMILES string of the molecule is Cc1nn(-c2ccccc2)c(C)c1CC(=O)NCCNS(=O)(=O)Cc1ccccc1. The monoisotopic (exact) mass is 426 g/mol. The van der Waals surface area contributed by atoms with Gasteiger partial charge in [-0.25, -0.2) is 17.8 Å². The Bertz CT molecular complexity index is 1090. The van der Waals surface area contributed by atoms with E-state index in [1.54, 1.807) is 24.3 Å². The van der Waals surface area contributed by atoms with Crippen molar-refractivity contribution in [1.82, 2.24) is 19.8 Å². The number of para-hydroxylation sites is 1. The number of aryl methyl sites for hydroxylation is 1. The second-order valence-electron chi connectivity index (χ2n) is 7.06. The van der Waals surface area contributed by atoms with Crippen LogP contribution >= 0.6 is 0 Å². The van der Waals surface area contributed by atoms with E-state index in [0.29, 0.717) is 0 Å². The largest absolute Gasteiger partial charge is 0.354 e. The van der Waals surface area contributed by atoms with Gasteiger partial charge in [0, 0.05) is 24.3 Å². The Morgan fingerprint density at radius 1 is 0.967 bits per heavy atom. The molecule has 1 amide bonds. The molecule has 0 unspecified atom stereocenters. The molecular formula is C22H26N4O3S. The number of rotatable bonds is 9. The van der Waals surface area contributed by atoms with E-state index >= 15 is 0 Å². The summed E-state index contributed by atoms with van der Waals surface area (Å²) in [5.74, 6) is -0.255. The van der Waals surface area contributed by atoms with Crippen LogP contribution in [0.4, 0.5) is 0 Å². The highest BCUT2D eigenvalue weighted by atomic mass is 32.2. The minimum absolute atomic E-state index is 0.0845. The summed E-state index contributed by atoms with van der Waals surface area (Å²) >= 11 is 0. The van der Waals surface area contributed by atoms with E-state index in [2.05, 4.69) is 15.1 Å². The van der Waals surface area contributed by atoms with Crippen LogP contribution in [0.5, 0.6) is 0 Å². The first-order valence-electron chi connectivity index (χ1n) is 9.74. The zero-order chi connectivity index (χ0) is 21.6. The van der Waals surface area contributed by atoms with Gasteiger partial charge in [-0.1, -0.05) is 48.5 Å². The van der Waals surface area contributed by atoms with Crippen LogP contribution < -0.4 is 10.0 Å². The van der Waals surface area contributed by atoms with Crippen LogP contribution in [0.25, 0.3) is 5.69 Å². The van der Waals surface area contributed by atoms with Gasteiger partial charge in [0.2, 0.25) is 15.9 Å². The van der Waals surface area contributed by atoms with Crippen LogP contribution in [0.15, 0.2) is 60.7 Å². The van der Waals surface area contributed by atoms with Crippen molar-refractivity contribution in [3.05, 3.63) is 83.2 Å². The van der Waals surface area contributed by atoms with Gasteiger partial charge in [-0.15, -0.1) is 0 Å². The fourth-order valence-electron chi connectivity index (χ4n) is 3.23. The Balaban J connectivity index is 1.50. The average Bonchev–Trinajstić information content (AvgIpc) is 3.00. The number of aromatic nitrogens is 2. The molecule has 2 aromatic carbocycles. The second-order valence-corrected chi connectivity index (χ2v) is 8.87. The minimum Gasteiger partial charge on any atom is -0.354 e. The van der Waals surface area contributed by atoms with Crippen LogP contribution in [0.2, 0.25) is 0 Å². The number of hydrogen-bond acceptors (Lipinski definition) is 4. The highest BCUT2D eigenvalue weighted by Crippen LogP contribution is 2.18. The topological polar surface area (TPSA) is 93.1 Å². The first-order chi connectivity index (χ1) is 14.4. The van der Waals surface area contributed by atoms with Crippen molar-refractivity contribution in [2.75, 3.05) is 13.1 Å². The predicted molar refractivity (Wildman–Crippen MR) is 117 cm³/mol. The van der Waals surface area contributed by atoms with Gasteiger partial charge >= 0.3 is 0 Å². The number of nitrogens with one attached hydrogen (secondary N) is 2. The standard InChI is InChI=1S/C22H26N4O3S/c1-17-21(18(2)26(25-17)20-11-7-4-8-12-20)15-22(27)23-13-14-24-30(28,29)16-19-9-5-3-6-10-19/h3-12,24H,13-16H2,1-2H3,(H,23,27). The molecule has 2 N–H and O–H groups in total. The summed E-state index contributed by atoms with van der Waals surface area (Å²) in [6.07, 6.45) is 0.196. The number of nitrogens with zero attached hydrogens (tertiary/aromatic N) is 2. The summed E-state index contributed by atoms with van der Waals surface area (Å²) in [6.45, 7) is 4.18. The van der Waals surface area contributed by atoms with Gasteiger partial charge in [0.1, 0.15) is 0 Å². The molecule has 0 aliphatic carbocycles. The highest BCUT2D eigenvalue weighted by Gasteiger charge is 2.16. The lowest BCUT2D eigenvalue weighted by Crippen LogP contribution is -2.35. The van der Waals surface area contributed by atoms with Crippen LogP contribution in [-0.4, -0.2) is 37.2 Å². The van der Waals surface area contributed by atoms with Crippen molar-refractivity contribution in [1.29, 1.82) is 0 Å². The molecule has 8 heteroatoms. The smallest absolute Gasteiger partial charge is 0.224 e. The Hall–Kier alpha value is -2.97. The summed E-state index contributed by atoms with van der Waals surface area (Å²) in [6, 6.07) is 18.7. The van der Waals surface area contributed by atoms with Crippen LogP contribution in [0.1, 0.15) is 22.5 Å². The molecule has 1 aromatic heterocycles. The number of sulfonamides is 1. The molecule has 0 atom stereocenters. The van der Waals surface area contributed by atoms with Gasteiger partial charge in [-0.3, -0.25) is 4.79 Å². The third-order valence-electron chi connectivity index (χ3n) is 4.75. The summed E-state index contributed by atoms with van der Waals surface area (Å²) in [4.78, 5) is 12.4. The number of hydrogen-bond donors (Lipinski definition) is 2. The number of benzene rings is 2. The Morgan fingerprint density at radius 3 is 2.27 bits per heavy atom. The molecule has 3 rings (SSSR count). The lowest BCUT2D eigenvalue weighted by atomic mass is 10.1. The van der Waals surface area contributed by atoms with Crippen LogP contribution in [-0.2, 0) is 27.0 Å². The van der Waals surface area contributed by atoms with E-state index in [-0.39, 0.29) is 31.2 Å². The maximum absolute atomic E-state index is 12.4. The first kappa shape index (κ1) is 21.7. The maximum atomic E-state index is 12.4. The van der Waals surface area contributed by atoms with Crippen molar-refractivity contribution in [2.45, 2.75) is 26.0 Å². The van der Waals surface area contributed by atoms with Crippen molar-refractivity contribution in [3.8, 4) is 5.69 Å². The zero-order valence-corrected chi connectivity index (χ0v) is 17.9. The molecule has 7 nitrogen and oxygen atoms in total. The van der Waals surface area contributed by atoms with Crippen molar-refractivity contribution >= 4 is 15.9 Å². The highest BCUT2D eigenvalue weighted by molar-refractivity contribution is 7.88. The predicted octanol–water partition coefficient (Wildman–Crippen LogP) is 2.27. The first-order valence-corrected chi connectivity index (χ1v) is 11.4. The molecule has 0 radical (unpaired) electrons. The van der Waals surface area contributed by atoms with Crippen molar-refractivity contribution in [3.63, 3.8) is 0 Å². The van der Waals surface area contributed by atoms with Gasteiger partial charge in [-0.2, -0.15) is 5.10 Å². The zero-order valence-electron chi connectivity index (χ0n) is 17.1. The third-order valence-corrected chi connectivity index (χ3v) is 6.11. The molecule has 0 saturated carbocycles. The van der Waals surface area contributed by atoms with Gasteiger partial charge in [0.25, 0.3) is 0 Å². The molecule has 0 aliphatic rings. The summed E-state index contributed by atoms with van der Waals surface area (Å²) in [7, 11) is -3.45. The Morgan fingerprint density at radius 2 is 1.60 bits per heavy atom. The van der Waals surface area contributed by atoms with E-state index < -0.39 is 10.0 Å². The van der Waals surface area contributed by atoms with E-state index in [1.807, 2.05) is 54.9 Å². The third kappa shape index (κ3) is 5.77. The number of carbonyl (C=O) groups is 1. The molecular weight excluding hydrogens is 400 g/mol. The number of amides is 1. The van der Waals surface area contributed by atoms with Crippen LogP contribution in [0, 0.1) is 13.8 Å². The molecule has 1 heterocycles. The fraction of sp³-hybridized carbons (Fsp3) is 0.273. The van der Waals surface area contributed by atoms with Gasteiger partial charge in [0.15, 0.2) is 0 Å². The Labute approximate surface area is 177 Å². The molecule has 0 fully saturated rings. The summed E-state index contributed by atoms with van der Waals surface area (Å²) < 4.78 is 28.6. The molecule has 3 aromatic rings. The lowest BCUT2D eigenvalue weighted by molar-refractivity contribution is -0.120. The van der Waals surface area contributed by atoms with E-state index in [0.717, 1.165) is 28.2 Å². The van der Waals surface area contributed by atoms with Crippen molar-refractivity contribution < 1.29 is 13.2 Å². The molecule has 30 heavy (non-hydrogen) atoms. The second kappa shape index (κ2) is 9.69. The average molecular weight is 427 g/mol. The number of carbonyl (C=O) groups excluding carboxylic acids is 1. The molecule has 0 aliphatic heterocycles. The van der Waals surface area contributed by atoms with Crippen molar-refractivity contribution in [2.24, 2.45) is 0 Å². The lowest BCUT2D eigenvalue weighted by Gasteiger charge is -2.09. The molecule has 0 spiro atoms.